The maximum atomic E-state index is 5.94. The van der Waals surface area contributed by atoms with E-state index in [4.69, 9.17) is 10.5 Å². The average Bonchev–Trinajstić information content (AvgIpc) is 2.22. The fourth-order valence-electron chi connectivity index (χ4n) is 2.45. The Morgan fingerprint density at radius 2 is 1.73 bits per heavy atom. The summed E-state index contributed by atoms with van der Waals surface area (Å²) in [5, 5.41) is 3.60. The van der Waals surface area contributed by atoms with Crippen molar-refractivity contribution in [2.75, 3.05) is 26.8 Å². The lowest BCUT2D eigenvalue weighted by molar-refractivity contribution is 0.174. The van der Waals surface area contributed by atoms with Gasteiger partial charge in [-0.25, -0.2) is 0 Å². The Morgan fingerprint density at radius 1 is 1.13 bits per heavy atom. The van der Waals surface area contributed by atoms with Gasteiger partial charge in [0.15, 0.2) is 0 Å². The summed E-state index contributed by atoms with van der Waals surface area (Å²) in [6.45, 7) is 2.46. The van der Waals surface area contributed by atoms with Gasteiger partial charge in [-0.05, 0) is 12.8 Å². The largest absolute Gasteiger partial charge is 0.383 e. The molecule has 0 unspecified atom stereocenters. The molecule has 0 heterocycles. The first-order chi connectivity index (χ1) is 7.33. The molecule has 1 aliphatic rings. The van der Waals surface area contributed by atoms with Crippen molar-refractivity contribution in [2.24, 2.45) is 5.73 Å². The molecule has 15 heavy (non-hydrogen) atoms. The van der Waals surface area contributed by atoms with Crippen molar-refractivity contribution < 1.29 is 4.74 Å². The van der Waals surface area contributed by atoms with Gasteiger partial charge in [0, 0.05) is 25.7 Å². The number of hydrogen-bond donors (Lipinski definition) is 2. The molecule has 0 aromatic rings. The zero-order chi connectivity index (χ0) is 11.0. The molecule has 3 heteroatoms. The van der Waals surface area contributed by atoms with E-state index in [2.05, 4.69) is 5.32 Å². The highest BCUT2D eigenvalue weighted by atomic mass is 16.5. The third-order valence-corrected chi connectivity index (χ3v) is 3.51. The lowest BCUT2D eigenvalue weighted by atomic mass is 9.84. The summed E-state index contributed by atoms with van der Waals surface area (Å²) < 4.78 is 5.08. The number of methoxy groups -OCH3 is 1. The zero-order valence-electron chi connectivity index (χ0n) is 10.1. The number of nitrogens with one attached hydrogen (secondary N) is 1. The summed E-state index contributed by atoms with van der Waals surface area (Å²) >= 11 is 0. The molecule has 0 radical (unpaired) electrons. The van der Waals surface area contributed by atoms with Crippen LogP contribution < -0.4 is 11.1 Å². The van der Waals surface area contributed by atoms with Crippen LogP contribution in [0.5, 0.6) is 0 Å². The van der Waals surface area contributed by atoms with Gasteiger partial charge in [0.25, 0.3) is 0 Å². The number of hydrogen-bond acceptors (Lipinski definition) is 3. The van der Waals surface area contributed by atoms with E-state index in [0.717, 1.165) is 19.7 Å². The Balaban J connectivity index is 2.39. The minimum absolute atomic E-state index is 0.193. The van der Waals surface area contributed by atoms with Gasteiger partial charge in [0.1, 0.15) is 0 Å². The van der Waals surface area contributed by atoms with E-state index in [1.165, 1.54) is 44.9 Å². The molecule has 1 saturated carbocycles. The van der Waals surface area contributed by atoms with Crippen LogP contribution in [0.4, 0.5) is 0 Å². The van der Waals surface area contributed by atoms with Gasteiger partial charge in [0.2, 0.25) is 0 Å². The van der Waals surface area contributed by atoms with E-state index in [9.17, 15) is 0 Å². The van der Waals surface area contributed by atoms with Gasteiger partial charge >= 0.3 is 0 Å². The highest BCUT2D eigenvalue weighted by Gasteiger charge is 2.27. The van der Waals surface area contributed by atoms with Crippen LogP contribution >= 0.6 is 0 Å². The van der Waals surface area contributed by atoms with Crippen LogP contribution in [0.1, 0.15) is 44.9 Å². The smallest absolute Gasteiger partial charge is 0.0587 e. The molecule has 0 amide bonds. The molecule has 0 saturated heterocycles. The Kier molecular flexibility index (Phi) is 6.22. The van der Waals surface area contributed by atoms with Gasteiger partial charge in [-0.2, -0.15) is 0 Å². The maximum Gasteiger partial charge on any atom is 0.0587 e. The average molecular weight is 214 g/mol. The highest BCUT2D eigenvalue weighted by molar-refractivity contribution is 4.89. The molecular weight excluding hydrogens is 188 g/mol. The molecule has 0 atom stereocenters. The first-order valence-corrected chi connectivity index (χ1v) is 6.27. The summed E-state index contributed by atoms with van der Waals surface area (Å²) in [4.78, 5) is 0. The van der Waals surface area contributed by atoms with Crippen LogP contribution in [0, 0.1) is 0 Å². The Labute approximate surface area is 93.8 Å². The topological polar surface area (TPSA) is 47.3 Å². The molecule has 0 bridgehead atoms. The quantitative estimate of drug-likeness (QED) is 0.684. The Bertz CT molecular complexity index is 154. The van der Waals surface area contributed by atoms with Crippen LogP contribution in [0.2, 0.25) is 0 Å². The van der Waals surface area contributed by atoms with Crippen LogP contribution in [0.15, 0.2) is 0 Å². The lowest BCUT2D eigenvalue weighted by Gasteiger charge is -2.35. The van der Waals surface area contributed by atoms with Crippen LogP contribution in [0.25, 0.3) is 0 Å². The third kappa shape index (κ3) is 4.49. The molecule has 0 aromatic carbocycles. The zero-order valence-corrected chi connectivity index (χ0v) is 10.1. The number of nitrogens with two attached hydrogens (primary N) is 1. The molecule has 90 valence electrons. The van der Waals surface area contributed by atoms with Gasteiger partial charge in [0.05, 0.1) is 6.61 Å². The lowest BCUT2D eigenvalue weighted by Crippen LogP contribution is -2.52. The second-order valence-corrected chi connectivity index (χ2v) is 4.67. The molecule has 0 spiro atoms. The SMILES string of the molecule is COCCNC1(CN)CCCCCCC1. The molecule has 1 fully saturated rings. The molecule has 0 aromatic heterocycles. The number of rotatable bonds is 5. The molecule has 0 aliphatic heterocycles. The third-order valence-electron chi connectivity index (χ3n) is 3.51. The second-order valence-electron chi connectivity index (χ2n) is 4.67. The monoisotopic (exact) mass is 214 g/mol. The summed E-state index contributed by atoms with van der Waals surface area (Å²) in [7, 11) is 1.74. The van der Waals surface area contributed by atoms with Gasteiger partial charge < -0.3 is 15.8 Å². The van der Waals surface area contributed by atoms with E-state index >= 15 is 0 Å². The summed E-state index contributed by atoms with van der Waals surface area (Å²) in [5.74, 6) is 0. The fourth-order valence-corrected chi connectivity index (χ4v) is 2.45. The van der Waals surface area contributed by atoms with E-state index < -0.39 is 0 Å². The molecule has 1 rings (SSSR count). The van der Waals surface area contributed by atoms with Crippen LogP contribution in [0.3, 0.4) is 0 Å². The van der Waals surface area contributed by atoms with Gasteiger partial charge in [-0.15, -0.1) is 0 Å². The highest BCUT2D eigenvalue weighted by Crippen LogP contribution is 2.25. The van der Waals surface area contributed by atoms with E-state index in [1.54, 1.807) is 7.11 Å². The van der Waals surface area contributed by atoms with Gasteiger partial charge in [-0.3, -0.25) is 0 Å². The van der Waals surface area contributed by atoms with Crippen LogP contribution in [-0.2, 0) is 4.74 Å². The maximum absolute atomic E-state index is 5.94. The minimum Gasteiger partial charge on any atom is -0.383 e. The predicted molar refractivity (Wildman–Crippen MR) is 64.0 cm³/mol. The summed E-state index contributed by atoms with van der Waals surface area (Å²) in [6, 6.07) is 0. The van der Waals surface area contributed by atoms with Crippen molar-refractivity contribution >= 4 is 0 Å². The van der Waals surface area contributed by atoms with Crippen molar-refractivity contribution in [3.8, 4) is 0 Å². The minimum atomic E-state index is 0.193. The van der Waals surface area contributed by atoms with Crippen molar-refractivity contribution in [1.82, 2.24) is 5.32 Å². The van der Waals surface area contributed by atoms with E-state index in [0.29, 0.717) is 0 Å². The normalized spacial score (nSPS) is 22.0. The molecule has 3 nitrogen and oxygen atoms in total. The molecule has 1 aliphatic carbocycles. The van der Waals surface area contributed by atoms with Crippen molar-refractivity contribution in [1.29, 1.82) is 0 Å². The first-order valence-electron chi connectivity index (χ1n) is 6.27. The predicted octanol–water partition coefficient (Wildman–Crippen LogP) is 1.66. The van der Waals surface area contributed by atoms with E-state index in [-0.39, 0.29) is 5.54 Å². The van der Waals surface area contributed by atoms with E-state index in [1.807, 2.05) is 0 Å². The standard InChI is InChI=1S/C12H26N2O/c1-15-10-9-14-12(11-13)7-5-3-2-4-6-8-12/h14H,2-11,13H2,1H3. The van der Waals surface area contributed by atoms with Crippen LogP contribution in [-0.4, -0.2) is 32.3 Å². The fraction of sp³-hybridized carbons (Fsp3) is 1.00. The van der Waals surface area contributed by atoms with Crippen molar-refractivity contribution in [3.05, 3.63) is 0 Å². The van der Waals surface area contributed by atoms with Crippen molar-refractivity contribution in [2.45, 2.75) is 50.5 Å². The molecular formula is C12H26N2O. The summed E-state index contributed by atoms with van der Waals surface area (Å²) in [5.41, 5.74) is 6.13. The number of ether oxygens (including phenoxy) is 1. The first kappa shape index (κ1) is 12.9. The summed E-state index contributed by atoms with van der Waals surface area (Å²) in [6.07, 6.45) is 9.23. The van der Waals surface area contributed by atoms with Gasteiger partial charge in [-0.1, -0.05) is 32.1 Å². The Morgan fingerprint density at radius 3 is 2.27 bits per heavy atom. The van der Waals surface area contributed by atoms with Crippen molar-refractivity contribution in [3.63, 3.8) is 0 Å². The second kappa shape index (κ2) is 7.20. The molecule has 3 N–H and O–H groups in total. The Hall–Kier alpha value is -0.120.